The molecule has 0 aliphatic carbocycles. The molecule has 0 aliphatic rings. The molecule has 0 spiro atoms. The molecule has 2 heterocycles. The molecule has 0 unspecified atom stereocenters. The highest BCUT2D eigenvalue weighted by Gasteiger charge is 2.07. The molecule has 0 saturated heterocycles. The van der Waals surface area contributed by atoms with Crippen LogP contribution in [0.3, 0.4) is 0 Å². The van der Waals surface area contributed by atoms with Crippen LogP contribution in [0.5, 0.6) is 0 Å². The molecule has 0 aromatic carbocycles. The van der Waals surface area contributed by atoms with E-state index in [0.717, 1.165) is 20.6 Å². The zero-order valence-corrected chi connectivity index (χ0v) is 11.4. The molecule has 0 fully saturated rings. The van der Waals surface area contributed by atoms with Gasteiger partial charge in [0, 0.05) is 18.3 Å². The Kier molecular flexibility index (Phi) is 4.00. The zero-order valence-electron chi connectivity index (χ0n) is 8.40. The molecule has 1 N–H and O–H groups in total. The number of hydrogen-bond donors (Lipinski definition) is 1. The predicted octanol–water partition coefficient (Wildman–Crippen LogP) is 2.92. The molecule has 2 aromatic rings. The van der Waals surface area contributed by atoms with E-state index in [0.29, 0.717) is 6.54 Å². The Morgan fingerprint density at radius 3 is 3.06 bits per heavy atom. The summed E-state index contributed by atoms with van der Waals surface area (Å²) in [5, 5.41) is 4.72. The van der Waals surface area contributed by atoms with E-state index >= 15 is 0 Å². The van der Waals surface area contributed by atoms with Gasteiger partial charge in [-0.3, -0.25) is 4.79 Å². The van der Waals surface area contributed by atoms with Gasteiger partial charge < -0.3 is 9.73 Å². The van der Waals surface area contributed by atoms with Crippen molar-refractivity contribution in [3.63, 3.8) is 0 Å². The lowest BCUT2D eigenvalue weighted by molar-refractivity contribution is 0.0954. The molecule has 0 atom stereocenters. The van der Waals surface area contributed by atoms with Crippen LogP contribution in [0.25, 0.3) is 0 Å². The quantitative estimate of drug-likeness (QED) is 0.865. The molecule has 0 radical (unpaired) electrons. The molecule has 84 valence electrons. The standard InChI is InChI=1S/C11H10INO2S/c12-10-6-8(7-16-10)11(14)13-4-3-9-2-1-5-15-9/h1-2,5-7H,3-4H2,(H,13,14). The van der Waals surface area contributed by atoms with Crippen molar-refractivity contribution < 1.29 is 9.21 Å². The van der Waals surface area contributed by atoms with E-state index in [1.807, 2.05) is 23.6 Å². The summed E-state index contributed by atoms with van der Waals surface area (Å²) in [6, 6.07) is 5.63. The van der Waals surface area contributed by atoms with Gasteiger partial charge in [-0.25, -0.2) is 0 Å². The largest absolute Gasteiger partial charge is 0.469 e. The Morgan fingerprint density at radius 2 is 2.44 bits per heavy atom. The topological polar surface area (TPSA) is 42.2 Å². The van der Waals surface area contributed by atoms with Gasteiger partial charge in [-0.15, -0.1) is 11.3 Å². The molecule has 2 rings (SSSR count). The fraction of sp³-hybridized carbons (Fsp3) is 0.182. The van der Waals surface area contributed by atoms with E-state index in [2.05, 4.69) is 27.9 Å². The van der Waals surface area contributed by atoms with Crippen LogP contribution in [0.15, 0.2) is 34.3 Å². The maximum atomic E-state index is 11.6. The molecule has 16 heavy (non-hydrogen) atoms. The molecule has 0 saturated carbocycles. The molecular weight excluding hydrogens is 337 g/mol. The van der Waals surface area contributed by atoms with Crippen LogP contribution in [-0.4, -0.2) is 12.5 Å². The minimum Gasteiger partial charge on any atom is -0.469 e. The molecule has 0 aliphatic heterocycles. The number of rotatable bonds is 4. The van der Waals surface area contributed by atoms with Crippen molar-refractivity contribution in [2.45, 2.75) is 6.42 Å². The normalized spacial score (nSPS) is 10.3. The summed E-state index contributed by atoms with van der Waals surface area (Å²) < 4.78 is 6.29. The van der Waals surface area contributed by atoms with E-state index in [-0.39, 0.29) is 5.91 Å². The lowest BCUT2D eigenvalue weighted by atomic mass is 10.3. The van der Waals surface area contributed by atoms with Crippen LogP contribution < -0.4 is 5.32 Å². The number of halogens is 1. The summed E-state index contributed by atoms with van der Waals surface area (Å²) in [7, 11) is 0. The summed E-state index contributed by atoms with van der Waals surface area (Å²) in [4.78, 5) is 11.6. The van der Waals surface area contributed by atoms with E-state index in [9.17, 15) is 4.79 Å². The minimum absolute atomic E-state index is 0.0225. The van der Waals surface area contributed by atoms with Gasteiger partial charge in [0.15, 0.2) is 0 Å². The third-order valence-corrected chi connectivity index (χ3v) is 3.86. The van der Waals surface area contributed by atoms with Crippen molar-refractivity contribution in [2.75, 3.05) is 6.54 Å². The van der Waals surface area contributed by atoms with Crippen molar-refractivity contribution in [2.24, 2.45) is 0 Å². The second-order valence-electron chi connectivity index (χ2n) is 3.22. The summed E-state index contributed by atoms with van der Waals surface area (Å²) >= 11 is 3.77. The number of amides is 1. The maximum absolute atomic E-state index is 11.6. The second kappa shape index (κ2) is 5.49. The van der Waals surface area contributed by atoms with Crippen LogP contribution in [-0.2, 0) is 6.42 Å². The summed E-state index contributed by atoms with van der Waals surface area (Å²) in [6.45, 7) is 0.596. The molecule has 0 bridgehead atoms. The fourth-order valence-electron chi connectivity index (χ4n) is 1.29. The predicted molar refractivity (Wildman–Crippen MR) is 71.8 cm³/mol. The highest BCUT2D eigenvalue weighted by molar-refractivity contribution is 14.1. The zero-order chi connectivity index (χ0) is 11.4. The van der Waals surface area contributed by atoms with Gasteiger partial charge >= 0.3 is 0 Å². The molecule has 3 nitrogen and oxygen atoms in total. The highest BCUT2D eigenvalue weighted by atomic mass is 127. The Bertz CT molecular complexity index is 464. The average Bonchev–Trinajstić information content (AvgIpc) is 2.89. The van der Waals surface area contributed by atoms with Crippen LogP contribution in [0.4, 0.5) is 0 Å². The third kappa shape index (κ3) is 3.08. The van der Waals surface area contributed by atoms with Gasteiger partial charge in [0.05, 0.1) is 14.7 Å². The number of hydrogen-bond acceptors (Lipinski definition) is 3. The van der Waals surface area contributed by atoms with Gasteiger partial charge in [-0.05, 0) is 40.8 Å². The maximum Gasteiger partial charge on any atom is 0.252 e. The molecular formula is C11H10INO2S. The van der Waals surface area contributed by atoms with Crippen molar-refractivity contribution in [1.82, 2.24) is 5.32 Å². The fourth-order valence-corrected chi connectivity index (χ4v) is 2.61. The first kappa shape index (κ1) is 11.7. The molecule has 1 amide bonds. The Hall–Kier alpha value is -0.820. The van der Waals surface area contributed by atoms with Gasteiger partial charge in [0.25, 0.3) is 5.91 Å². The minimum atomic E-state index is -0.0225. The number of nitrogens with one attached hydrogen (secondary N) is 1. The first-order valence-electron chi connectivity index (χ1n) is 4.80. The Labute approximate surface area is 111 Å². The second-order valence-corrected chi connectivity index (χ2v) is 6.03. The van der Waals surface area contributed by atoms with E-state index < -0.39 is 0 Å². The molecule has 2 aromatic heterocycles. The third-order valence-electron chi connectivity index (χ3n) is 2.07. The number of carbonyl (C=O) groups is 1. The van der Waals surface area contributed by atoms with Gasteiger partial charge in [-0.2, -0.15) is 0 Å². The van der Waals surface area contributed by atoms with Crippen molar-refractivity contribution in [3.8, 4) is 0 Å². The summed E-state index contributed by atoms with van der Waals surface area (Å²) in [6.07, 6.45) is 2.36. The van der Waals surface area contributed by atoms with Gasteiger partial charge in [-0.1, -0.05) is 0 Å². The van der Waals surface area contributed by atoms with Crippen LogP contribution in [0.1, 0.15) is 16.1 Å². The monoisotopic (exact) mass is 347 g/mol. The number of thiophene rings is 1. The first-order valence-corrected chi connectivity index (χ1v) is 6.76. The van der Waals surface area contributed by atoms with Crippen LogP contribution >= 0.6 is 33.9 Å². The first-order chi connectivity index (χ1) is 7.75. The van der Waals surface area contributed by atoms with Crippen molar-refractivity contribution in [3.05, 3.63) is 44.0 Å². The van der Waals surface area contributed by atoms with E-state index in [1.54, 1.807) is 17.6 Å². The van der Waals surface area contributed by atoms with E-state index in [1.165, 1.54) is 0 Å². The average molecular weight is 347 g/mol. The van der Waals surface area contributed by atoms with Gasteiger partial charge in [0.1, 0.15) is 5.76 Å². The van der Waals surface area contributed by atoms with Crippen LogP contribution in [0.2, 0.25) is 0 Å². The van der Waals surface area contributed by atoms with Crippen molar-refractivity contribution in [1.29, 1.82) is 0 Å². The Morgan fingerprint density at radius 1 is 1.56 bits per heavy atom. The van der Waals surface area contributed by atoms with Crippen molar-refractivity contribution >= 4 is 39.8 Å². The number of furan rings is 1. The smallest absolute Gasteiger partial charge is 0.252 e. The lowest BCUT2D eigenvalue weighted by Crippen LogP contribution is -2.25. The summed E-state index contributed by atoms with van der Waals surface area (Å²) in [5.41, 5.74) is 0.730. The lowest BCUT2D eigenvalue weighted by Gasteiger charge is -2.01. The molecule has 5 heteroatoms. The summed E-state index contributed by atoms with van der Waals surface area (Å²) in [5.74, 6) is 0.867. The number of carbonyl (C=O) groups excluding carboxylic acids is 1. The van der Waals surface area contributed by atoms with E-state index in [4.69, 9.17) is 4.42 Å². The van der Waals surface area contributed by atoms with Crippen LogP contribution in [0, 0.1) is 2.88 Å². The SMILES string of the molecule is O=C(NCCc1ccco1)c1csc(I)c1. The van der Waals surface area contributed by atoms with Gasteiger partial charge in [0.2, 0.25) is 0 Å². The Balaban J connectivity index is 1.80. The highest BCUT2D eigenvalue weighted by Crippen LogP contribution is 2.16.